The first-order valence-electron chi connectivity index (χ1n) is 6.55. The van der Waals surface area contributed by atoms with Gasteiger partial charge >= 0.3 is 0 Å². The molecular weight excluding hydrogens is 345 g/mol. The van der Waals surface area contributed by atoms with Crippen LogP contribution in [0.1, 0.15) is 0 Å². The van der Waals surface area contributed by atoms with E-state index in [1.54, 1.807) is 6.20 Å². The molecule has 0 saturated carbocycles. The van der Waals surface area contributed by atoms with Gasteiger partial charge in [0.25, 0.3) is 0 Å². The molecule has 0 aliphatic rings. The van der Waals surface area contributed by atoms with E-state index in [9.17, 15) is 4.57 Å². The second-order valence-electron chi connectivity index (χ2n) is 4.59. The highest BCUT2D eigenvalue weighted by molar-refractivity contribution is 9.10. The number of rotatable bonds is 3. The molecule has 1 aromatic heterocycles. The van der Waals surface area contributed by atoms with E-state index in [1.165, 1.54) is 0 Å². The Bertz CT molecular complexity index is 747. The second kappa shape index (κ2) is 5.97. The molecule has 0 aliphatic heterocycles. The van der Waals surface area contributed by atoms with Crippen LogP contribution in [0.3, 0.4) is 0 Å². The quantitative estimate of drug-likeness (QED) is 0.530. The van der Waals surface area contributed by atoms with Crippen LogP contribution in [0.5, 0.6) is 0 Å². The number of hydrogen-bond acceptors (Lipinski definition) is 2. The first-order chi connectivity index (χ1) is 10.2. The Balaban J connectivity index is 2.32. The van der Waals surface area contributed by atoms with E-state index in [2.05, 4.69) is 20.9 Å². The van der Waals surface area contributed by atoms with Gasteiger partial charge in [-0.2, -0.15) is 0 Å². The minimum Gasteiger partial charge on any atom is -0.309 e. The van der Waals surface area contributed by atoms with Crippen molar-refractivity contribution >= 4 is 39.0 Å². The average molecular weight is 358 g/mol. The Hall–Kier alpha value is -1.70. The summed E-state index contributed by atoms with van der Waals surface area (Å²) in [4.78, 5) is 4.24. The molecule has 0 bridgehead atoms. The van der Waals surface area contributed by atoms with Crippen LogP contribution in [0.25, 0.3) is 0 Å². The fourth-order valence-electron chi connectivity index (χ4n) is 2.32. The third-order valence-electron chi connectivity index (χ3n) is 3.32. The highest BCUT2D eigenvalue weighted by Gasteiger charge is 2.31. The van der Waals surface area contributed by atoms with Crippen LogP contribution < -0.4 is 15.9 Å². The summed E-state index contributed by atoms with van der Waals surface area (Å²) in [5, 5.41) is 2.34. The van der Waals surface area contributed by atoms with Gasteiger partial charge in [-0.1, -0.05) is 60.7 Å². The standard InChI is InChI=1S/C17H13BrNOP/c18-17-16(12-7-13-19-17)21(20,14-8-3-1-4-9-14)15-10-5-2-6-11-15/h1-13H. The molecule has 2 aromatic carbocycles. The number of halogens is 1. The van der Waals surface area contributed by atoms with Crippen molar-refractivity contribution in [3.05, 3.63) is 83.6 Å². The van der Waals surface area contributed by atoms with Crippen LogP contribution >= 0.6 is 23.1 Å². The summed E-state index contributed by atoms with van der Waals surface area (Å²) in [7, 11) is -2.92. The zero-order valence-corrected chi connectivity index (χ0v) is 13.7. The summed E-state index contributed by atoms with van der Waals surface area (Å²) in [6.45, 7) is 0. The Morgan fingerprint density at radius 3 is 1.76 bits per heavy atom. The molecule has 4 heteroatoms. The summed E-state index contributed by atoms with van der Waals surface area (Å²) in [5.74, 6) is 0. The van der Waals surface area contributed by atoms with Crippen molar-refractivity contribution in [1.82, 2.24) is 4.98 Å². The zero-order chi connectivity index (χ0) is 14.7. The van der Waals surface area contributed by atoms with Crippen LogP contribution in [-0.2, 0) is 4.57 Å². The molecule has 104 valence electrons. The molecule has 0 spiro atoms. The molecule has 3 rings (SSSR count). The first-order valence-corrected chi connectivity index (χ1v) is 9.05. The van der Waals surface area contributed by atoms with Crippen molar-refractivity contribution in [1.29, 1.82) is 0 Å². The number of aromatic nitrogens is 1. The van der Waals surface area contributed by atoms with Crippen LogP contribution in [0.2, 0.25) is 0 Å². The predicted octanol–water partition coefficient (Wildman–Crippen LogP) is 3.48. The van der Waals surface area contributed by atoms with Gasteiger partial charge in [0.2, 0.25) is 0 Å². The van der Waals surface area contributed by atoms with Crippen LogP contribution in [0, 0.1) is 0 Å². The van der Waals surface area contributed by atoms with Gasteiger partial charge in [0, 0.05) is 16.8 Å². The van der Waals surface area contributed by atoms with Crippen LogP contribution in [0.4, 0.5) is 0 Å². The maximum atomic E-state index is 14.0. The lowest BCUT2D eigenvalue weighted by Gasteiger charge is -2.20. The van der Waals surface area contributed by atoms with Gasteiger partial charge in [0.15, 0.2) is 7.14 Å². The van der Waals surface area contributed by atoms with Crippen molar-refractivity contribution < 1.29 is 4.57 Å². The summed E-state index contributed by atoms with van der Waals surface area (Å²) in [6.07, 6.45) is 1.69. The van der Waals surface area contributed by atoms with E-state index < -0.39 is 7.14 Å². The number of hydrogen-bond donors (Lipinski definition) is 0. The van der Waals surface area contributed by atoms with Crippen molar-refractivity contribution in [2.45, 2.75) is 0 Å². The number of pyridine rings is 1. The van der Waals surface area contributed by atoms with Gasteiger partial charge in [0.1, 0.15) is 4.60 Å². The van der Waals surface area contributed by atoms with Gasteiger partial charge in [-0.3, -0.25) is 0 Å². The molecule has 0 N–H and O–H groups in total. The third-order valence-corrected chi connectivity index (χ3v) is 7.35. The lowest BCUT2D eigenvalue weighted by molar-refractivity contribution is 0.592. The monoisotopic (exact) mass is 357 g/mol. The van der Waals surface area contributed by atoms with Crippen LogP contribution in [-0.4, -0.2) is 4.98 Å². The molecule has 21 heavy (non-hydrogen) atoms. The molecule has 0 fully saturated rings. The van der Waals surface area contributed by atoms with E-state index >= 15 is 0 Å². The highest BCUT2D eigenvalue weighted by Crippen LogP contribution is 2.43. The maximum absolute atomic E-state index is 14.0. The SMILES string of the molecule is O=P(c1ccccc1)(c1ccccc1)c1cccnc1Br. The first kappa shape index (κ1) is 14.2. The Morgan fingerprint density at radius 2 is 1.29 bits per heavy atom. The minimum atomic E-state index is -2.92. The maximum Gasteiger partial charge on any atom is 0.173 e. The average Bonchev–Trinajstić information content (AvgIpc) is 2.56. The Morgan fingerprint density at radius 1 is 0.762 bits per heavy atom. The molecule has 0 radical (unpaired) electrons. The van der Waals surface area contributed by atoms with Crippen molar-refractivity contribution in [2.75, 3.05) is 0 Å². The van der Waals surface area contributed by atoms with Gasteiger partial charge in [-0.15, -0.1) is 0 Å². The van der Waals surface area contributed by atoms with Crippen molar-refractivity contribution in [3.63, 3.8) is 0 Å². The predicted molar refractivity (Wildman–Crippen MR) is 91.3 cm³/mol. The molecule has 0 unspecified atom stereocenters. The summed E-state index contributed by atoms with van der Waals surface area (Å²) in [6, 6.07) is 22.8. The van der Waals surface area contributed by atoms with E-state index in [1.807, 2.05) is 72.8 Å². The lowest BCUT2D eigenvalue weighted by atomic mass is 10.4. The van der Waals surface area contributed by atoms with Gasteiger partial charge < -0.3 is 4.57 Å². The minimum absolute atomic E-state index is 0.626. The van der Waals surface area contributed by atoms with Gasteiger partial charge in [-0.25, -0.2) is 4.98 Å². The zero-order valence-electron chi connectivity index (χ0n) is 11.2. The third kappa shape index (κ3) is 2.59. The molecular formula is C17H13BrNOP. The molecule has 0 saturated heterocycles. The number of benzene rings is 2. The fraction of sp³-hybridized carbons (Fsp3) is 0. The van der Waals surface area contributed by atoms with E-state index in [0.29, 0.717) is 4.60 Å². The van der Waals surface area contributed by atoms with Crippen LogP contribution in [0.15, 0.2) is 83.6 Å². The molecule has 2 nitrogen and oxygen atoms in total. The van der Waals surface area contributed by atoms with Crippen molar-refractivity contribution in [3.8, 4) is 0 Å². The van der Waals surface area contributed by atoms with E-state index in [0.717, 1.165) is 15.9 Å². The summed E-state index contributed by atoms with van der Waals surface area (Å²) >= 11 is 3.44. The van der Waals surface area contributed by atoms with Crippen molar-refractivity contribution in [2.24, 2.45) is 0 Å². The smallest absolute Gasteiger partial charge is 0.173 e. The van der Waals surface area contributed by atoms with Gasteiger partial charge in [-0.05, 0) is 28.1 Å². The molecule has 0 aliphatic carbocycles. The second-order valence-corrected chi connectivity index (χ2v) is 8.08. The topological polar surface area (TPSA) is 30.0 Å². The lowest BCUT2D eigenvalue weighted by Crippen LogP contribution is -2.26. The largest absolute Gasteiger partial charge is 0.309 e. The molecule has 1 heterocycles. The van der Waals surface area contributed by atoms with E-state index in [-0.39, 0.29) is 0 Å². The molecule has 3 aromatic rings. The van der Waals surface area contributed by atoms with Gasteiger partial charge in [0.05, 0.1) is 5.30 Å². The Kier molecular flexibility index (Phi) is 4.05. The summed E-state index contributed by atoms with van der Waals surface area (Å²) in [5.41, 5.74) is 0. The summed E-state index contributed by atoms with van der Waals surface area (Å²) < 4.78 is 14.6. The molecule has 0 amide bonds. The normalized spacial score (nSPS) is 11.3. The Labute approximate surface area is 132 Å². The van der Waals surface area contributed by atoms with E-state index in [4.69, 9.17) is 0 Å². The number of nitrogens with zero attached hydrogens (tertiary/aromatic N) is 1. The molecule has 0 atom stereocenters. The fourth-order valence-corrected chi connectivity index (χ4v) is 5.97. The highest BCUT2D eigenvalue weighted by atomic mass is 79.9.